The predicted molar refractivity (Wildman–Crippen MR) is 85.8 cm³/mol. The molecular weight excluding hydrogens is 294 g/mol. The number of imidazole rings is 1. The van der Waals surface area contributed by atoms with E-state index < -0.39 is 0 Å². The Labute approximate surface area is 135 Å². The zero-order valence-corrected chi connectivity index (χ0v) is 13.4. The number of carbonyl (C=O) groups excluding carboxylic acids is 1. The number of likely N-dealkylation sites (tertiary alicyclic amines) is 1. The third-order valence-corrected chi connectivity index (χ3v) is 4.07. The van der Waals surface area contributed by atoms with Crippen LogP contribution in [0.1, 0.15) is 23.9 Å². The summed E-state index contributed by atoms with van der Waals surface area (Å²) >= 11 is 0. The lowest BCUT2D eigenvalue weighted by Gasteiger charge is -2.16. The van der Waals surface area contributed by atoms with E-state index in [0.717, 1.165) is 30.2 Å². The van der Waals surface area contributed by atoms with E-state index in [-0.39, 0.29) is 18.4 Å². The van der Waals surface area contributed by atoms with Crippen LogP contribution in [0.4, 0.5) is 0 Å². The summed E-state index contributed by atoms with van der Waals surface area (Å²) in [5.41, 5.74) is 1.05. The highest BCUT2D eigenvalue weighted by atomic mass is 16.5. The average Bonchev–Trinajstić information content (AvgIpc) is 3.22. The topological polar surface area (TPSA) is 67.5 Å². The fraction of sp³-hybridized carbons (Fsp3) is 0.412. The number of ether oxygens (including phenoxy) is 2. The Kier molecular flexibility index (Phi) is 4.50. The van der Waals surface area contributed by atoms with Crippen molar-refractivity contribution in [2.45, 2.75) is 19.3 Å². The van der Waals surface area contributed by atoms with Crippen LogP contribution in [0.2, 0.25) is 0 Å². The van der Waals surface area contributed by atoms with Crippen LogP contribution in [0.25, 0.3) is 0 Å². The third-order valence-electron chi connectivity index (χ3n) is 4.07. The molecule has 3 rings (SSSR count). The van der Waals surface area contributed by atoms with Gasteiger partial charge in [0.1, 0.15) is 17.3 Å². The Bertz CT molecular complexity index is 666. The molecule has 6 nitrogen and oxygen atoms in total. The van der Waals surface area contributed by atoms with Crippen LogP contribution in [0.3, 0.4) is 0 Å². The van der Waals surface area contributed by atoms with Crippen molar-refractivity contribution in [3.63, 3.8) is 0 Å². The number of carbonyl (C=O) groups is 1. The number of amides is 1. The maximum atomic E-state index is 12.3. The van der Waals surface area contributed by atoms with E-state index in [1.54, 1.807) is 19.2 Å². The first-order valence-electron chi connectivity index (χ1n) is 7.72. The van der Waals surface area contributed by atoms with Gasteiger partial charge in [-0.3, -0.25) is 4.79 Å². The van der Waals surface area contributed by atoms with Crippen LogP contribution in [-0.4, -0.2) is 47.6 Å². The van der Waals surface area contributed by atoms with Crippen molar-refractivity contribution in [3.8, 4) is 11.5 Å². The molecule has 0 unspecified atom stereocenters. The van der Waals surface area contributed by atoms with Gasteiger partial charge in [0, 0.05) is 30.9 Å². The smallest absolute Gasteiger partial charge is 0.260 e. The molecule has 0 aliphatic carbocycles. The lowest BCUT2D eigenvalue weighted by molar-refractivity contribution is -0.132. The molecule has 2 heterocycles. The van der Waals surface area contributed by atoms with E-state index in [9.17, 15) is 4.79 Å². The molecule has 23 heavy (non-hydrogen) atoms. The van der Waals surface area contributed by atoms with Crippen LogP contribution in [0.15, 0.2) is 30.5 Å². The van der Waals surface area contributed by atoms with Crippen molar-refractivity contribution in [2.24, 2.45) is 0 Å². The van der Waals surface area contributed by atoms with Gasteiger partial charge in [-0.1, -0.05) is 0 Å². The Morgan fingerprint density at radius 3 is 2.74 bits per heavy atom. The molecule has 1 aromatic heterocycles. The minimum absolute atomic E-state index is 0.00611. The molecule has 1 saturated heterocycles. The van der Waals surface area contributed by atoms with Crippen LogP contribution in [0, 0.1) is 6.92 Å². The summed E-state index contributed by atoms with van der Waals surface area (Å²) in [6, 6.07) is 7.21. The number of aryl methyl sites for hydroxylation is 1. The minimum atomic E-state index is 0.00611. The second-order valence-corrected chi connectivity index (χ2v) is 5.74. The molecule has 0 spiro atoms. The number of hydrogen-bond acceptors (Lipinski definition) is 4. The summed E-state index contributed by atoms with van der Waals surface area (Å²) in [5, 5.41) is 0. The van der Waals surface area contributed by atoms with Gasteiger partial charge in [0.05, 0.1) is 7.11 Å². The van der Waals surface area contributed by atoms with E-state index >= 15 is 0 Å². The van der Waals surface area contributed by atoms with Crippen LogP contribution >= 0.6 is 0 Å². The number of aromatic amines is 1. The average molecular weight is 315 g/mol. The summed E-state index contributed by atoms with van der Waals surface area (Å²) in [6.45, 7) is 3.47. The number of H-pyrrole nitrogens is 1. The van der Waals surface area contributed by atoms with E-state index in [1.165, 1.54) is 0 Å². The van der Waals surface area contributed by atoms with E-state index in [0.29, 0.717) is 12.3 Å². The minimum Gasteiger partial charge on any atom is -0.497 e. The number of hydrogen-bond donors (Lipinski definition) is 1. The highest BCUT2D eigenvalue weighted by molar-refractivity contribution is 5.78. The summed E-state index contributed by atoms with van der Waals surface area (Å²) in [4.78, 5) is 21.7. The number of nitrogens with zero attached hydrogens (tertiary/aromatic N) is 2. The molecule has 2 aromatic rings. The van der Waals surface area contributed by atoms with Crippen molar-refractivity contribution in [3.05, 3.63) is 42.0 Å². The zero-order chi connectivity index (χ0) is 16.2. The van der Waals surface area contributed by atoms with Crippen molar-refractivity contribution in [2.75, 3.05) is 26.8 Å². The van der Waals surface area contributed by atoms with Crippen molar-refractivity contribution in [1.82, 2.24) is 14.9 Å². The highest BCUT2D eigenvalue weighted by Gasteiger charge is 2.29. The van der Waals surface area contributed by atoms with Gasteiger partial charge >= 0.3 is 0 Å². The van der Waals surface area contributed by atoms with Gasteiger partial charge in [0.25, 0.3) is 5.91 Å². The molecule has 1 amide bonds. The van der Waals surface area contributed by atoms with Crippen LogP contribution < -0.4 is 9.47 Å². The SMILES string of the molecule is COc1ccc(OCC(=O)N2CC[C@@H](c3ncc(C)[nH]3)C2)cc1. The zero-order valence-electron chi connectivity index (χ0n) is 13.4. The molecule has 0 saturated carbocycles. The lowest BCUT2D eigenvalue weighted by atomic mass is 10.1. The largest absolute Gasteiger partial charge is 0.497 e. The maximum absolute atomic E-state index is 12.3. The van der Waals surface area contributed by atoms with E-state index in [1.807, 2.05) is 30.2 Å². The van der Waals surface area contributed by atoms with Crippen molar-refractivity contribution >= 4 is 5.91 Å². The molecule has 1 fully saturated rings. The molecule has 6 heteroatoms. The van der Waals surface area contributed by atoms with Crippen molar-refractivity contribution < 1.29 is 14.3 Å². The van der Waals surface area contributed by atoms with Crippen LogP contribution in [0.5, 0.6) is 11.5 Å². The van der Waals surface area contributed by atoms with E-state index in [2.05, 4.69) is 9.97 Å². The summed E-state index contributed by atoms with van der Waals surface area (Å²) in [5.74, 6) is 2.69. The molecule has 0 radical (unpaired) electrons. The third kappa shape index (κ3) is 3.64. The van der Waals surface area contributed by atoms with Gasteiger partial charge in [0.2, 0.25) is 0 Å². The molecule has 1 aliphatic heterocycles. The Hall–Kier alpha value is -2.50. The first-order chi connectivity index (χ1) is 11.2. The maximum Gasteiger partial charge on any atom is 0.260 e. The first-order valence-corrected chi connectivity index (χ1v) is 7.72. The fourth-order valence-electron chi connectivity index (χ4n) is 2.76. The summed E-state index contributed by atoms with van der Waals surface area (Å²) < 4.78 is 10.6. The second kappa shape index (κ2) is 6.73. The standard InChI is InChI=1S/C17H21N3O3/c1-12-9-18-17(19-12)13-7-8-20(10-13)16(21)11-23-15-5-3-14(22-2)4-6-15/h3-6,9,13H,7-8,10-11H2,1-2H3,(H,18,19)/t13-/m1/s1. The van der Waals surface area contributed by atoms with Gasteiger partial charge in [0.15, 0.2) is 6.61 Å². The molecule has 1 N–H and O–H groups in total. The number of aromatic nitrogens is 2. The molecule has 1 aromatic carbocycles. The molecule has 0 bridgehead atoms. The molecule has 1 atom stereocenters. The normalized spacial score (nSPS) is 17.3. The lowest BCUT2D eigenvalue weighted by Crippen LogP contribution is -2.32. The van der Waals surface area contributed by atoms with Gasteiger partial charge < -0.3 is 19.4 Å². The van der Waals surface area contributed by atoms with Gasteiger partial charge in [-0.15, -0.1) is 0 Å². The van der Waals surface area contributed by atoms with Crippen LogP contribution in [-0.2, 0) is 4.79 Å². The Morgan fingerprint density at radius 1 is 1.35 bits per heavy atom. The number of benzene rings is 1. The van der Waals surface area contributed by atoms with Gasteiger partial charge in [-0.25, -0.2) is 4.98 Å². The summed E-state index contributed by atoms with van der Waals surface area (Å²) in [6.07, 6.45) is 2.76. The molecule has 122 valence electrons. The quantitative estimate of drug-likeness (QED) is 0.918. The number of methoxy groups -OCH3 is 1. The summed E-state index contributed by atoms with van der Waals surface area (Å²) in [7, 11) is 1.61. The Balaban J connectivity index is 1.50. The molecular formula is C17H21N3O3. The number of rotatable bonds is 5. The van der Waals surface area contributed by atoms with Crippen molar-refractivity contribution in [1.29, 1.82) is 0 Å². The predicted octanol–water partition coefficient (Wildman–Crippen LogP) is 2.12. The van der Waals surface area contributed by atoms with Gasteiger partial charge in [-0.05, 0) is 37.6 Å². The fourth-order valence-corrected chi connectivity index (χ4v) is 2.76. The highest BCUT2D eigenvalue weighted by Crippen LogP contribution is 2.25. The molecule has 1 aliphatic rings. The second-order valence-electron chi connectivity index (χ2n) is 5.74. The van der Waals surface area contributed by atoms with E-state index in [4.69, 9.17) is 9.47 Å². The first kappa shape index (κ1) is 15.4. The van der Waals surface area contributed by atoms with Gasteiger partial charge in [-0.2, -0.15) is 0 Å². The Morgan fingerprint density at radius 2 is 2.09 bits per heavy atom. The number of nitrogens with one attached hydrogen (secondary N) is 1. The monoisotopic (exact) mass is 315 g/mol.